The van der Waals surface area contributed by atoms with Crippen LogP contribution in [0.3, 0.4) is 0 Å². The minimum absolute atomic E-state index is 0. The van der Waals surface area contributed by atoms with Gasteiger partial charge in [0.05, 0.1) is 0 Å². The Bertz CT molecular complexity index is 350. The number of piperidine rings is 2. The maximum absolute atomic E-state index is 12.4. The molecule has 0 saturated carbocycles. The van der Waals surface area contributed by atoms with Crippen molar-refractivity contribution in [2.24, 2.45) is 11.8 Å². The summed E-state index contributed by atoms with van der Waals surface area (Å²) in [6, 6.07) is 0. The molecular weight excluding hydrogens is 345 g/mol. The van der Waals surface area contributed by atoms with Crippen molar-refractivity contribution in [3.63, 3.8) is 0 Å². The summed E-state index contributed by atoms with van der Waals surface area (Å²) in [5.41, 5.74) is 0. The van der Waals surface area contributed by atoms with Crippen LogP contribution in [0.5, 0.6) is 0 Å². The molecule has 3 fully saturated rings. The molecule has 6 heteroatoms. The van der Waals surface area contributed by atoms with Gasteiger partial charge in [0.1, 0.15) is 0 Å². The first kappa shape index (κ1) is 22.0. The van der Waals surface area contributed by atoms with Gasteiger partial charge in [0.15, 0.2) is 0 Å². The summed E-state index contributed by atoms with van der Waals surface area (Å²) in [4.78, 5) is 17.2. The molecule has 0 bridgehead atoms. The largest absolute Gasteiger partial charge is 0.343 e. The average Bonchev–Trinajstić information content (AvgIpc) is 3.07. The Kier molecular flexibility index (Phi) is 10.6. The average molecular weight is 380 g/mol. The summed E-state index contributed by atoms with van der Waals surface area (Å²) < 4.78 is 0. The zero-order valence-corrected chi connectivity index (χ0v) is 16.5. The zero-order valence-electron chi connectivity index (χ0n) is 14.9. The van der Waals surface area contributed by atoms with Crippen LogP contribution in [-0.2, 0) is 4.79 Å². The maximum Gasteiger partial charge on any atom is 0.222 e. The Morgan fingerprint density at radius 2 is 1.50 bits per heavy atom. The van der Waals surface area contributed by atoms with Crippen LogP contribution in [0.4, 0.5) is 0 Å². The van der Waals surface area contributed by atoms with Crippen LogP contribution in [0.15, 0.2) is 0 Å². The van der Waals surface area contributed by atoms with Gasteiger partial charge in [-0.05, 0) is 83.0 Å². The van der Waals surface area contributed by atoms with Crippen molar-refractivity contribution in [3.05, 3.63) is 0 Å². The van der Waals surface area contributed by atoms with Crippen molar-refractivity contribution in [1.82, 2.24) is 15.1 Å². The van der Waals surface area contributed by atoms with Crippen molar-refractivity contribution in [3.8, 4) is 0 Å². The molecule has 3 aliphatic rings. The number of rotatable bonds is 5. The number of carbonyl (C=O) groups is 1. The number of halogens is 2. The van der Waals surface area contributed by atoms with E-state index in [1.807, 2.05) is 0 Å². The van der Waals surface area contributed by atoms with Crippen molar-refractivity contribution in [2.45, 2.75) is 51.4 Å². The van der Waals surface area contributed by atoms with E-state index >= 15 is 0 Å². The Morgan fingerprint density at radius 1 is 0.875 bits per heavy atom. The third kappa shape index (κ3) is 6.70. The molecule has 1 N–H and O–H groups in total. The number of likely N-dealkylation sites (tertiary alicyclic amines) is 2. The fourth-order valence-electron chi connectivity index (χ4n) is 4.35. The Balaban J connectivity index is 0.00000144. The minimum atomic E-state index is 0. The van der Waals surface area contributed by atoms with Crippen LogP contribution in [0.2, 0.25) is 0 Å². The highest BCUT2D eigenvalue weighted by molar-refractivity contribution is 5.85. The highest BCUT2D eigenvalue weighted by Gasteiger charge is 2.25. The first-order valence-electron chi connectivity index (χ1n) is 9.52. The molecule has 0 aromatic rings. The van der Waals surface area contributed by atoms with Crippen LogP contribution in [0.1, 0.15) is 51.4 Å². The molecule has 0 aromatic heterocycles. The summed E-state index contributed by atoms with van der Waals surface area (Å²) >= 11 is 0. The summed E-state index contributed by atoms with van der Waals surface area (Å²) in [5.74, 6) is 2.02. The molecule has 24 heavy (non-hydrogen) atoms. The third-order valence-corrected chi connectivity index (χ3v) is 5.91. The lowest BCUT2D eigenvalue weighted by Gasteiger charge is -2.34. The molecule has 1 amide bonds. The van der Waals surface area contributed by atoms with Crippen LogP contribution in [0, 0.1) is 11.8 Å². The fourth-order valence-corrected chi connectivity index (χ4v) is 4.35. The SMILES string of the molecule is Cl.Cl.O=C(CCC1CCNCC1)N1CCC(CN2CCCC2)CC1. The standard InChI is InChI=1S/C18H33N3O.2ClH/c22-18(4-3-16-5-9-19-10-6-16)21-13-7-17(8-14-21)15-20-11-1-2-12-20;;/h16-17,19H,1-15H2;2*1H. The Labute approximate surface area is 159 Å². The predicted octanol–water partition coefficient (Wildman–Crippen LogP) is 2.94. The fraction of sp³-hybridized carbons (Fsp3) is 0.944. The lowest BCUT2D eigenvalue weighted by atomic mass is 9.92. The molecule has 0 aromatic carbocycles. The molecule has 3 rings (SSSR count). The minimum Gasteiger partial charge on any atom is -0.343 e. The summed E-state index contributed by atoms with van der Waals surface area (Å²) in [6.07, 6.45) is 9.60. The van der Waals surface area contributed by atoms with Crippen LogP contribution >= 0.6 is 24.8 Å². The van der Waals surface area contributed by atoms with Crippen molar-refractivity contribution in [2.75, 3.05) is 45.8 Å². The molecular formula is C18H35Cl2N3O. The summed E-state index contributed by atoms with van der Waals surface area (Å²) in [7, 11) is 0. The number of hydrogen-bond donors (Lipinski definition) is 1. The second-order valence-electron chi connectivity index (χ2n) is 7.56. The Hall–Kier alpha value is -0.0300. The predicted molar refractivity (Wildman–Crippen MR) is 104 cm³/mol. The molecule has 4 nitrogen and oxygen atoms in total. The number of hydrogen-bond acceptors (Lipinski definition) is 3. The van der Waals surface area contributed by atoms with E-state index in [1.165, 1.54) is 58.2 Å². The maximum atomic E-state index is 12.4. The smallest absolute Gasteiger partial charge is 0.222 e. The topological polar surface area (TPSA) is 35.6 Å². The van der Waals surface area contributed by atoms with Gasteiger partial charge in [-0.1, -0.05) is 0 Å². The van der Waals surface area contributed by atoms with E-state index < -0.39 is 0 Å². The normalized spacial score (nSPS) is 23.6. The Morgan fingerprint density at radius 3 is 2.12 bits per heavy atom. The molecule has 3 heterocycles. The van der Waals surface area contributed by atoms with E-state index in [9.17, 15) is 4.79 Å². The van der Waals surface area contributed by atoms with E-state index in [2.05, 4.69) is 15.1 Å². The molecule has 3 saturated heterocycles. The van der Waals surface area contributed by atoms with Crippen molar-refractivity contribution < 1.29 is 4.79 Å². The number of carbonyl (C=O) groups excluding carboxylic acids is 1. The van der Waals surface area contributed by atoms with E-state index in [1.54, 1.807) is 0 Å². The van der Waals surface area contributed by atoms with E-state index in [0.29, 0.717) is 5.91 Å². The summed E-state index contributed by atoms with van der Waals surface area (Å²) in [6.45, 7) is 8.16. The lowest BCUT2D eigenvalue weighted by molar-refractivity contribution is -0.133. The van der Waals surface area contributed by atoms with Crippen LogP contribution in [0.25, 0.3) is 0 Å². The molecule has 0 spiro atoms. The van der Waals surface area contributed by atoms with Gasteiger partial charge in [0.25, 0.3) is 0 Å². The number of nitrogens with one attached hydrogen (secondary N) is 1. The molecule has 0 unspecified atom stereocenters. The van der Waals surface area contributed by atoms with Crippen molar-refractivity contribution >= 4 is 30.7 Å². The zero-order chi connectivity index (χ0) is 15.2. The molecule has 142 valence electrons. The van der Waals surface area contributed by atoms with E-state index in [0.717, 1.165) is 50.9 Å². The first-order chi connectivity index (χ1) is 10.8. The molecule has 0 atom stereocenters. The first-order valence-corrected chi connectivity index (χ1v) is 9.52. The molecule has 0 radical (unpaired) electrons. The third-order valence-electron chi connectivity index (χ3n) is 5.91. The van der Waals surface area contributed by atoms with Gasteiger partial charge in [-0.25, -0.2) is 0 Å². The van der Waals surface area contributed by atoms with Gasteiger partial charge in [0.2, 0.25) is 5.91 Å². The van der Waals surface area contributed by atoms with Gasteiger partial charge >= 0.3 is 0 Å². The van der Waals surface area contributed by atoms with Gasteiger partial charge < -0.3 is 15.1 Å². The van der Waals surface area contributed by atoms with Gasteiger partial charge in [-0.15, -0.1) is 24.8 Å². The second-order valence-corrected chi connectivity index (χ2v) is 7.56. The van der Waals surface area contributed by atoms with Gasteiger partial charge in [0, 0.05) is 26.1 Å². The highest BCUT2D eigenvalue weighted by Crippen LogP contribution is 2.23. The van der Waals surface area contributed by atoms with E-state index in [4.69, 9.17) is 0 Å². The second kappa shape index (κ2) is 11.6. The van der Waals surface area contributed by atoms with Crippen molar-refractivity contribution in [1.29, 1.82) is 0 Å². The van der Waals surface area contributed by atoms with Crippen LogP contribution in [-0.4, -0.2) is 61.5 Å². The monoisotopic (exact) mass is 379 g/mol. The van der Waals surface area contributed by atoms with Gasteiger partial charge in [-0.3, -0.25) is 4.79 Å². The lowest BCUT2D eigenvalue weighted by Crippen LogP contribution is -2.41. The summed E-state index contributed by atoms with van der Waals surface area (Å²) in [5, 5.41) is 3.40. The number of nitrogens with zero attached hydrogens (tertiary/aromatic N) is 2. The van der Waals surface area contributed by atoms with Gasteiger partial charge in [-0.2, -0.15) is 0 Å². The number of amides is 1. The highest BCUT2D eigenvalue weighted by atomic mass is 35.5. The molecule has 0 aliphatic carbocycles. The van der Waals surface area contributed by atoms with Crippen LogP contribution < -0.4 is 5.32 Å². The van der Waals surface area contributed by atoms with E-state index in [-0.39, 0.29) is 24.8 Å². The molecule has 3 aliphatic heterocycles. The quantitative estimate of drug-likeness (QED) is 0.797.